The van der Waals surface area contributed by atoms with Gasteiger partial charge in [-0.1, -0.05) is 26.3 Å². The summed E-state index contributed by atoms with van der Waals surface area (Å²) in [6.07, 6.45) is 2.49. The zero-order valence-corrected chi connectivity index (χ0v) is 13.2. The molecule has 2 heterocycles. The molecule has 0 spiro atoms. The van der Waals surface area contributed by atoms with Crippen molar-refractivity contribution in [2.75, 3.05) is 26.2 Å². The second-order valence-electron chi connectivity index (χ2n) is 5.74. The third-order valence-corrected chi connectivity index (χ3v) is 4.30. The predicted molar refractivity (Wildman–Crippen MR) is 84.2 cm³/mol. The van der Waals surface area contributed by atoms with Crippen molar-refractivity contribution in [3.05, 3.63) is 30.1 Å². The predicted octanol–water partition coefficient (Wildman–Crippen LogP) is 0.739. The minimum atomic E-state index is -0.456. The van der Waals surface area contributed by atoms with Gasteiger partial charge in [0.1, 0.15) is 5.69 Å². The third-order valence-electron chi connectivity index (χ3n) is 4.30. The standard InChI is InChI=1S/C16H24N4O2/c1-3-12(2)14(17)16(22)20-10-8-19(9-11-20)15(21)13-6-4-5-7-18-13/h4-7,12,14H,3,8-11,17H2,1-2H3. The Hall–Kier alpha value is -1.95. The first kappa shape index (κ1) is 16.4. The van der Waals surface area contributed by atoms with E-state index in [-0.39, 0.29) is 17.7 Å². The SMILES string of the molecule is CCC(C)C(N)C(=O)N1CCN(C(=O)c2ccccn2)CC1. The molecule has 1 aliphatic rings. The van der Waals surface area contributed by atoms with E-state index in [0.29, 0.717) is 31.9 Å². The van der Waals surface area contributed by atoms with Gasteiger partial charge in [0.15, 0.2) is 0 Å². The first-order valence-corrected chi connectivity index (χ1v) is 7.79. The number of carbonyl (C=O) groups is 2. The molecule has 6 nitrogen and oxygen atoms in total. The first-order valence-electron chi connectivity index (χ1n) is 7.79. The average molecular weight is 304 g/mol. The molecule has 2 unspecified atom stereocenters. The zero-order chi connectivity index (χ0) is 16.1. The lowest BCUT2D eigenvalue weighted by atomic mass is 9.98. The van der Waals surface area contributed by atoms with Crippen molar-refractivity contribution >= 4 is 11.8 Å². The lowest BCUT2D eigenvalue weighted by Gasteiger charge is -2.36. The fourth-order valence-electron chi connectivity index (χ4n) is 2.49. The van der Waals surface area contributed by atoms with Gasteiger partial charge < -0.3 is 15.5 Å². The zero-order valence-electron chi connectivity index (χ0n) is 13.2. The number of hydrogen-bond acceptors (Lipinski definition) is 4. The monoisotopic (exact) mass is 304 g/mol. The Balaban J connectivity index is 1.90. The minimum absolute atomic E-state index is 0.0146. The summed E-state index contributed by atoms with van der Waals surface area (Å²) in [5.74, 6) is 0.0684. The Bertz CT molecular complexity index is 512. The Labute approximate surface area is 131 Å². The number of piperazine rings is 1. The number of aromatic nitrogens is 1. The lowest BCUT2D eigenvalue weighted by molar-refractivity contribution is -0.135. The van der Waals surface area contributed by atoms with Crippen LogP contribution in [0.1, 0.15) is 30.8 Å². The minimum Gasteiger partial charge on any atom is -0.338 e. The summed E-state index contributed by atoms with van der Waals surface area (Å²) in [5, 5.41) is 0. The van der Waals surface area contributed by atoms with Crippen LogP contribution in [0.4, 0.5) is 0 Å². The van der Waals surface area contributed by atoms with Crippen molar-refractivity contribution in [1.29, 1.82) is 0 Å². The molecule has 2 amide bonds. The van der Waals surface area contributed by atoms with Crippen LogP contribution in [0.5, 0.6) is 0 Å². The van der Waals surface area contributed by atoms with Crippen LogP contribution in [-0.4, -0.2) is 58.8 Å². The molecule has 0 bridgehead atoms. The van der Waals surface area contributed by atoms with Gasteiger partial charge in [-0.3, -0.25) is 14.6 Å². The van der Waals surface area contributed by atoms with Gasteiger partial charge in [-0.05, 0) is 18.1 Å². The molecule has 1 aromatic rings. The van der Waals surface area contributed by atoms with Gasteiger partial charge in [-0.25, -0.2) is 0 Å². The smallest absolute Gasteiger partial charge is 0.272 e. The molecule has 1 fully saturated rings. The van der Waals surface area contributed by atoms with Crippen molar-refractivity contribution in [2.45, 2.75) is 26.3 Å². The van der Waals surface area contributed by atoms with Crippen LogP contribution < -0.4 is 5.73 Å². The van der Waals surface area contributed by atoms with Gasteiger partial charge in [0.25, 0.3) is 5.91 Å². The normalized spacial score (nSPS) is 18.0. The van der Waals surface area contributed by atoms with Crippen LogP contribution >= 0.6 is 0 Å². The molecule has 1 saturated heterocycles. The van der Waals surface area contributed by atoms with Crippen molar-refractivity contribution in [1.82, 2.24) is 14.8 Å². The van der Waals surface area contributed by atoms with E-state index < -0.39 is 6.04 Å². The van der Waals surface area contributed by atoms with Crippen LogP contribution in [-0.2, 0) is 4.79 Å². The van der Waals surface area contributed by atoms with Crippen LogP contribution in [0.15, 0.2) is 24.4 Å². The molecule has 1 aliphatic heterocycles. The number of pyridine rings is 1. The van der Waals surface area contributed by atoms with E-state index >= 15 is 0 Å². The quantitative estimate of drug-likeness (QED) is 0.890. The van der Waals surface area contributed by atoms with E-state index in [1.807, 2.05) is 13.8 Å². The molecule has 2 rings (SSSR count). The highest BCUT2D eigenvalue weighted by Gasteiger charge is 2.29. The fourth-order valence-corrected chi connectivity index (χ4v) is 2.49. The van der Waals surface area contributed by atoms with Gasteiger partial charge in [0, 0.05) is 32.4 Å². The third kappa shape index (κ3) is 3.62. The molecule has 2 atom stereocenters. The van der Waals surface area contributed by atoms with Crippen molar-refractivity contribution in [3.63, 3.8) is 0 Å². The molecular weight excluding hydrogens is 280 g/mol. The Morgan fingerprint density at radius 3 is 2.41 bits per heavy atom. The van der Waals surface area contributed by atoms with Crippen molar-refractivity contribution in [2.24, 2.45) is 11.7 Å². The molecule has 0 radical (unpaired) electrons. The number of rotatable bonds is 4. The molecule has 0 aromatic carbocycles. The molecule has 22 heavy (non-hydrogen) atoms. The molecule has 0 aliphatic carbocycles. The second kappa shape index (κ2) is 7.35. The number of nitrogens with two attached hydrogens (primary N) is 1. The van der Waals surface area contributed by atoms with E-state index in [1.165, 1.54) is 0 Å². The Morgan fingerprint density at radius 1 is 1.23 bits per heavy atom. The summed E-state index contributed by atoms with van der Waals surface area (Å²) in [6, 6.07) is 4.83. The molecule has 2 N–H and O–H groups in total. The van der Waals surface area contributed by atoms with E-state index in [4.69, 9.17) is 5.73 Å². The first-order chi connectivity index (χ1) is 10.5. The maximum Gasteiger partial charge on any atom is 0.272 e. The highest BCUT2D eigenvalue weighted by atomic mass is 16.2. The molecule has 120 valence electrons. The van der Waals surface area contributed by atoms with Crippen LogP contribution in [0, 0.1) is 5.92 Å². The summed E-state index contributed by atoms with van der Waals surface area (Å²) in [4.78, 5) is 32.2. The number of hydrogen-bond donors (Lipinski definition) is 1. The fraction of sp³-hybridized carbons (Fsp3) is 0.562. The van der Waals surface area contributed by atoms with Gasteiger partial charge in [0.05, 0.1) is 6.04 Å². The average Bonchev–Trinajstić information content (AvgIpc) is 2.60. The molecule has 0 saturated carbocycles. The van der Waals surface area contributed by atoms with Crippen LogP contribution in [0.2, 0.25) is 0 Å². The van der Waals surface area contributed by atoms with Crippen molar-refractivity contribution in [3.8, 4) is 0 Å². The van der Waals surface area contributed by atoms with Gasteiger partial charge in [-0.2, -0.15) is 0 Å². The highest BCUT2D eigenvalue weighted by Crippen LogP contribution is 2.12. The summed E-state index contributed by atoms with van der Waals surface area (Å²) in [5.41, 5.74) is 6.45. The van der Waals surface area contributed by atoms with Crippen LogP contribution in [0.3, 0.4) is 0 Å². The maximum absolute atomic E-state index is 12.3. The van der Waals surface area contributed by atoms with Gasteiger partial charge in [-0.15, -0.1) is 0 Å². The van der Waals surface area contributed by atoms with Crippen LogP contribution in [0.25, 0.3) is 0 Å². The topological polar surface area (TPSA) is 79.5 Å². The summed E-state index contributed by atoms with van der Waals surface area (Å²) in [6.45, 7) is 6.12. The number of amides is 2. The van der Waals surface area contributed by atoms with E-state index in [0.717, 1.165) is 6.42 Å². The van der Waals surface area contributed by atoms with Gasteiger partial charge in [0.2, 0.25) is 5.91 Å². The Kier molecular flexibility index (Phi) is 5.49. The molecule has 6 heteroatoms. The second-order valence-corrected chi connectivity index (χ2v) is 5.74. The Morgan fingerprint density at radius 2 is 1.86 bits per heavy atom. The van der Waals surface area contributed by atoms with E-state index in [9.17, 15) is 9.59 Å². The summed E-state index contributed by atoms with van der Waals surface area (Å²) in [7, 11) is 0. The van der Waals surface area contributed by atoms with E-state index in [1.54, 1.807) is 34.2 Å². The number of carbonyl (C=O) groups excluding carboxylic acids is 2. The van der Waals surface area contributed by atoms with Crippen molar-refractivity contribution < 1.29 is 9.59 Å². The highest BCUT2D eigenvalue weighted by molar-refractivity contribution is 5.92. The molecular formula is C16H24N4O2. The lowest BCUT2D eigenvalue weighted by Crippen LogP contribution is -2.55. The summed E-state index contributed by atoms with van der Waals surface area (Å²) >= 11 is 0. The summed E-state index contributed by atoms with van der Waals surface area (Å²) < 4.78 is 0. The molecule has 1 aromatic heterocycles. The van der Waals surface area contributed by atoms with Gasteiger partial charge >= 0.3 is 0 Å². The largest absolute Gasteiger partial charge is 0.338 e. The van der Waals surface area contributed by atoms with E-state index in [2.05, 4.69) is 4.98 Å². The number of nitrogens with zero attached hydrogens (tertiary/aromatic N) is 3. The maximum atomic E-state index is 12.3.